The molecule has 1 aromatic carbocycles. The van der Waals surface area contributed by atoms with E-state index in [0.717, 1.165) is 11.8 Å². The number of nitrogens with zero attached hydrogens (tertiary/aromatic N) is 1. The van der Waals surface area contributed by atoms with Gasteiger partial charge in [0.2, 0.25) is 11.8 Å². The third-order valence-electron chi connectivity index (χ3n) is 4.10. The maximum absolute atomic E-state index is 12.8. The Hall–Kier alpha value is -2.13. The lowest BCUT2D eigenvalue weighted by Gasteiger charge is -2.24. The van der Waals surface area contributed by atoms with Gasteiger partial charge < -0.3 is 20.1 Å². The van der Waals surface area contributed by atoms with E-state index in [2.05, 4.69) is 5.32 Å². The van der Waals surface area contributed by atoms with Crippen molar-refractivity contribution in [2.24, 2.45) is 0 Å². The maximum Gasteiger partial charge on any atom is 0.326 e. The van der Waals surface area contributed by atoms with Crippen molar-refractivity contribution < 1.29 is 28.6 Å². The number of rotatable bonds is 7. The normalized spacial score (nSPS) is 20.7. The molecule has 0 radical (unpaired) electrons. The van der Waals surface area contributed by atoms with E-state index in [-0.39, 0.29) is 36.6 Å². The Kier molecular flexibility index (Phi) is 6.98. The number of carbonyl (C=O) groups excluding carboxylic acids is 2. The van der Waals surface area contributed by atoms with Gasteiger partial charge in [0.15, 0.2) is 0 Å². The van der Waals surface area contributed by atoms with Crippen molar-refractivity contribution in [2.75, 3.05) is 24.7 Å². The molecule has 0 saturated carbocycles. The van der Waals surface area contributed by atoms with Crippen molar-refractivity contribution in [3.8, 4) is 0 Å². The van der Waals surface area contributed by atoms with Crippen LogP contribution in [0.15, 0.2) is 24.3 Å². The number of benzene rings is 1. The van der Waals surface area contributed by atoms with Crippen LogP contribution >= 0.6 is 11.8 Å². The van der Waals surface area contributed by atoms with Gasteiger partial charge in [-0.3, -0.25) is 9.59 Å². The van der Waals surface area contributed by atoms with Crippen LogP contribution < -0.4 is 5.32 Å². The Morgan fingerprint density at radius 3 is 2.62 bits per heavy atom. The van der Waals surface area contributed by atoms with Crippen LogP contribution in [0, 0.1) is 5.82 Å². The number of anilines is 1. The van der Waals surface area contributed by atoms with Crippen LogP contribution in [0.5, 0.6) is 0 Å². The van der Waals surface area contributed by atoms with Gasteiger partial charge in [0, 0.05) is 25.8 Å². The molecule has 2 N–H and O–H groups in total. The number of likely N-dealkylation sites (tertiary alicyclic amines) is 1. The molecule has 7 nitrogen and oxygen atoms in total. The summed E-state index contributed by atoms with van der Waals surface area (Å²) in [5.74, 6) is -2.11. The Morgan fingerprint density at radius 2 is 2.04 bits per heavy atom. The third kappa shape index (κ3) is 5.18. The first kappa shape index (κ1) is 20.2. The second-order valence-corrected chi connectivity index (χ2v) is 7.28. The first-order chi connectivity index (χ1) is 12.3. The van der Waals surface area contributed by atoms with Crippen LogP contribution in [0.2, 0.25) is 0 Å². The molecule has 142 valence electrons. The molecule has 1 heterocycles. The molecule has 0 aromatic heterocycles. The number of carboxylic acids is 1. The minimum atomic E-state index is -1.07. The molecule has 1 aliphatic rings. The van der Waals surface area contributed by atoms with E-state index in [1.807, 2.05) is 0 Å². The van der Waals surface area contributed by atoms with Gasteiger partial charge in [0.25, 0.3) is 0 Å². The first-order valence-electron chi connectivity index (χ1n) is 8.05. The number of nitrogens with one attached hydrogen (secondary N) is 1. The van der Waals surface area contributed by atoms with Crippen LogP contribution in [0.25, 0.3) is 0 Å². The predicted octanol–water partition coefficient (Wildman–Crippen LogP) is 1.59. The average Bonchev–Trinajstić information content (AvgIpc) is 3.05. The molecule has 1 saturated heterocycles. The summed E-state index contributed by atoms with van der Waals surface area (Å²) in [4.78, 5) is 37.1. The van der Waals surface area contributed by atoms with Crippen LogP contribution in [0.4, 0.5) is 10.1 Å². The Labute approximate surface area is 154 Å². The van der Waals surface area contributed by atoms with Crippen molar-refractivity contribution in [3.63, 3.8) is 0 Å². The maximum atomic E-state index is 12.8. The average molecular weight is 384 g/mol. The number of hydrogen-bond donors (Lipinski definition) is 2. The predicted molar refractivity (Wildman–Crippen MR) is 95.5 cm³/mol. The van der Waals surface area contributed by atoms with E-state index >= 15 is 0 Å². The lowest BCUT2D eigenvalue weighted by Crippen LogP contribution is -2.44. The fraction of sp³-hybridized carbons (Fsp3) is 0.471. The minimum Gasteiger partial charge on any atom is -0.480 e. The molecule has 3 atom stereocenters. The number of methoxy groups -OCH3 is 1. The van der Waals surface area contributed by atoms with Crippen LogP contribution in [-0.4, -0.2) is 64.6 Å². The zero-order valence-electron chi connectivity index (χ0n) is 14.5. The molecule has 0 aliphatic carbocycles. The highest BCUT2D eigenvalue weighted by Crippen LogP contribution is 2.24. The molecule has 9 heteroatoms. The van der Waals surface area contributed by atoms with E-state index < -0.39 is 23.1 Å². The Morgan fingerprint density at radius 1 is 1.38 bits per heavy atom. The molecule has 3 unspecified atom stereocenters. The van der Waals surface area contributed by atoms with Gasteiger partial charge in [0.05, 0.1) is 17.1 Å². The zero-order chi connectivity index (χ0) is 19.3. The standard InChI is InChI=1S/C17H21FN2O5S/c1-10(16(22)20-8-13(25-2)7-14(20)17(23)24)26-9-15(21)19-12-5-3-11(18)4-6-12/h3-6,10,13-14H,7-9H2,1-2H3,(H,19,21)(H,23,24). The number of hydrogen-bond acceptors (Lipinski definition) is 5. The second-order valence-electron chi connectivity index (χ2n) is 5.95. The lowest BCUT2D eigenvalue weighted by atomic mass is 10.2. The van der Waals surface area contributed by atoms with Gasteiger partial charge in [-0.2, -0.15) is 0 Å². The lowest BCUT2D eigenvalue weighted by molar-refractivity contribution is -0.147. The van der Waals surface area contributed by atoms with Gasteiger partial charge in [0.1, 0.15) is 11.9 Å². The Balaban J connectivity index is 1.87. The number of ether oxygens (including phenoxy) is 1. The molecule has 1 aromatic rings. The number of thioether (sulfide) groups is 1. The summed E-state index contributed by atoms with van der Waals surface area (Å²) in [6, 6.07) is 4.45. The van der Waals surface area contributed by atoms with E-state index in [1.54, 1.807) is 6.92 Å². The summed E-state index contributed by atoms with van der Waals surface area (Å²) in [7, 11) is 1.48. The SMILES string of the molecule is COC1CC(C(=O)O)N(C(=O)C(C)SCC(=O)Nc2ccc(F)cc2)C1. The van der Waals surface area contributed by atoms with Gasteiger partial charge >= 0.3 is 5.97 Å². The Bertz CT molecular complexity index is 670. The molecule has 0 bridgehead atoms. The summed E-state index contributed by atoms with van der Waals surface area (Å²) >= 11 is 1.11. The fourth-order valence-electron chi connectivity index (χ4n) is 2.68. The smallest absolute Gasteiger partial charge is 0.326 e. The quantitative estimate of drug-likeness (QED) is 0.741. The molecule has 2 rings (SSSR count). The first-order valence-corrected chi connectivity index (χ1v) is 9.09. The number of aliphatic carboxylic acids is 1. The van der Waals surface area contributed by atoms with Gasteiger partial charge in [-0.15, -0.1) is 11.8 Å². The molecular weight excluding hydrogens is 363 g/mol. The summed E-state index contributed by atoms with van der Waals surface area (Å²) in [5.41, 5.74) is 0.462. The topological polar surface area (TPSA) is 95.9 Å². The summed E-state index contributed by atoms with van der Waals surface area (Å²) in [6.07, 6.45) is -0.0564. The second kappa shape index (κ2) is 9.00. The molecule has 1 aliphatic heterocycles. The number of carbonyl (C=O) groups is 3. The third-order valence-corrected chi connectivity index (χ3v) is 5.23. The molecule has 1 fully saturated rings. The molecule has 0 spiro atoms. The van der Waals surface area contributed by atoms with Crippen LogP contribution in [0.3, 0.4) is 0 Å². The zero-order valence-corrected chi connectivity index (χ0v) is 15.3. The van der Waals surface area contributed by atoms with E-state index in [9.17, 15) is 23.9 Å². The largest absolute Gasteiger partial charge is 0.480 e. The van der Waals surface area contributed by atoms with E-state index in [4.69, 9.17) is 4.74 Å². The minimum absolute atomic E-state index is 0.0174. The number of halogens is 1. The van der Waals surface area contributed by atoms with Crippen molar-refractivity contribution in [2.45, 2.75) is 30.7 Å². The van der Waals surface area contributed by atoms with Crippen LogP contribution in [-0.2, 0) is 19.1 Å². The van der Waals surface area contributed by atoms with Gasteiger partial charge in [-0.1, -0.05) is 0 Å². The molecular formula is C17H21FN2O5S. The number of amides is 2. The van der Waals surface area contributed by atoms with Crippen molar-refractivity contribution in [1.29, 1.82) is 0 Å². The van der Waals surface area contributed by atoms with E-state index in [1.165, 1.54) is 36.3 Å². The van der Waals surface area contributed by atoms with Crippen LogP contribution in [0.1, 0.15) is 13.3 Å². The van der Waals surface area contributed by atoms with E-state index in [0.29, 0.717) is 5.69 Å². The fourth-order valence-corrected chi connectivity index (χ4v) is 3.43. The van der Waals surface area contributed by atoms with Crippen molar-refractivity contribution in [3.05, 3.63) is 30.1 Å². The highest BCUT2D eigenvalue weighted by atomic mass is 32.2. The highest BCUT2D eigenvalue weighted by Gasteiger charge is 2.41. The van der Waals surface area contributed by atoms with Gasteiger partial charge in [-0.05, 0) is 31.2 Å². The van der Waals surface area contributed by atoms with Crippen molar-refractivity contribution in [1.82, 2.24) is 4.90 Å². The van der Waals surface area contributed by atoms with Gasteiger partial charge in [-0.25, -0.2) is 9.18 Å². The highest BCUT2D eigenvalue weighted by molar-refractivity contribution is 8.01. The summed E-state index contributed by atoms with van der Waals surface area (Å²) in [6.45, 7) is 1.86. The summed E-state index contributed by atoms with van der Waals surface area (Å²) < 4.78 is 18.0. The monoisotopic (exact) mass is 384 g/mol. The number of carboxylic acid groups (broad SMARTS) is 1. The molecule has 2 amide bonds. The summed E-state index contributed by atoms with van der Waals surface area (Å²) in [5, 5.41) is 11.3. The molecule has 26 heavy (non-hydrogen) atoms. The van der Waals surface area contributed by atoms with Crippen molar-refractivity contribution >= 4 is 35.2 Å².